The molecule has 0 aliphatic heterocycles. The van der Waals surface area contributed by atoms with Crippen molar-refractivity contribution in [3.8, 4) is 5.69 Å². The number of nitrogens with zero attached hydrogens (tertiary/aromatic N) is 2. The maximum Gasteiger partial charge on any atom is 0.338 e. The van der Waals surface area contributed by atoms with Gasteiger partial charge in [-0.1, -0.05) is 40.2 Å². The largest absolute Gasteiger partial charge is 0.449 e. The standard InChI is InChI=1S/C21H20BrN3O4/c1-13-18(20(27)25(24(13)3)17-10-5-4-6-11-17)23-19(26)14(2)29-21(28)15-8-7-9-16(22)12-15/h4-12,14H,1-3H3,(H,23,26)/t14-/m1/s1. The normalized spacial score (nSPS) is 11.7. The third-order valence-electron chi connectivity index (χ3n) is 4.52. The summed E-state index contributed by atoms with van der Waals surface area (Å²) in [5.41, 5.74) is 1.36. The zero-order valence-electron chi connectivity index (χ0n) is 16.2. The third kappa shape index (κ3) is 4.32. The summed E-state index contributed by atoms with van der Waals surface area (Å²) >= 11 is 3.29. The fourth-order valence-electron chi connectivity index (χ4n) is 2.83. The number of rotatable bonds is 5. The second-order valence-corrected chi connectivity index (χ2v) is 7.40. The topological polar surface area (TPSA) is 82.3 Å². The average Bonchev–Trinajstić information content (AvgIpc) is 2.91. The van der Waals surface area contributed by atoms with Gasteiger partial charge < -0.3 is 10.1 Å². The van der Waals surface area contributed by atoms with Gasteiger partial charge in [0.05, 0.1) is 16.9 Å². The summed E-state index contributed by atoms with van der Waals surface area (Å²) in [6.07, 6.45) is -1.08. The Balaban J connectivity index is 1.79. The van der Waals surface area contributed by atoms with Gasteiger partial charge in [0.25, 0.3) is 11.5 Å². The van der Waals surface area contributed by atoms with Gasteiger partial charge in [-0.25, -0.2) is 9.48 Å². The molecule has 1 atom stereocenters. The van der Waals surface area contributed by atoms with Gasteiger partial charge in [0, 0.05) is 11.5 Å². The van der Waals surface area contributed by atoms with E-state index in [0.717, 1.165) is 4.47 Å². The molecule has 1 heterocycles. The Morgan fingerprint density at radius 1 is 1.10 bits per heavy atom. The van der Waals surface area contributed by atoms with Crippen molar-refractivity contribution in [2.75, 3.05) is 5.32 Å². The molecule has 0 fully saturated rings. The summed E-state index contributed by atoms with van der Waals surface area (Å²) in [6.45, 7) is 3.19. The van der Waals surface area contributed by atoms with E-state index in [4.69, 9.17) is 4.74 Å². The lowest BCUT2D eigenvalue weighted by atomic mass is 10.2. The van der Waals surface area contributed by atoms with E-state index < -0.39 is 18.0 Å². The van der Waals surface area contributed by atoms with E-state index in [1.165, 1.54) is 11.6 Å². The Hall–Kier alpha value is -3.13. The SMILES string of the molecule is Cc1c(NC(=O)[C@@H](C)OC(=O)c2cccc(Br)c2)c(=O)n(-c2ccccc2)n1C. The maximum absolute atomic E-state index is 12.9. The number of halogens is 1. The molecule has 0 aliphatic carbocycles. The molecule has 3 rings (SSSR count). The molecule has 1 N–H and O–H groups in total. The first-order chi connectivity index (χ1) is 13.8. The van der Waals surface area contributed by atoms with Crippen molar-refractivity contribution in [2.24, 2.45) is 7.05 Å². The quantitative estimate of drug-likeness (QED) is 0.594. The fourth-order valence-corrected chi connectivity index (χ4v) is 3.23. The minimum absolute atomic E-state index is 0.145. The van der Waals surface area contributed by atoms with E-state index in [-0.39, 0.29) is 11.2 Å². The van der Waals surface area contributed by atoms with Crippen molar-refractivity contribution < 1.29 is 14.3 Å². The van der Waals surface area contributed by atoms with Crippen LogP contribution >= 0.6 is 15.9 Å². The first-order valence-electron chi connectivity index (χ1n) is 8.91. The molecule has 0 saturated carbocycles. The molecule has 1 amide bonds. The Bertz CT molecular complexity index is 1120. The van der Waals surface area contributed by atoms with Crippen molar-refractivity contribution in [2.45, 2.75) is 20.0 Å². The van der Waals surface area contributed by atoms with Gasteiger partial charge in [-0.2, -0.15) is 0 Å². The second kappa shape index (κ2) is 8.48. The molecule has 0 saturated heterocycles. The Morgan fingerprint density at radius 2 is 1.79 bits per heavy atom. The van der Waals surface area contributed by atoms with E-state index in [1.54, 1.807) is 55.1 Å². The molecule has 1 aromatic heterocycles. The number of amides is 1. The van der Waals surface area contributed by atoms with Gasteiger partial charge in [0.2, 0.25) is 0 Å². The van der Waals surface area contributed by atoms with Crippen LogP contribution < -0.4 is 10.9 Å². The third-order valence-corrected chi connectivity index (χ3v) is 5.01. The van der Waals surface area contributed by atoms with Crippen LogP contribution in [0.1, 0.15) is 23.0 Å². The molecule has 2 aromatic carbocycles. The van der Waals surface area contributed by atoms with Gasteiger partial charge >= 0.3 is 5.97 Å². The highest BCUT2D eigenvalue weighted by Crippen LogP contribution is 2.16. The summed E-state index contributed by atoms with van der Waals surface area (Å²) in [7, 11) is 1.73. The maximum atomic E-state index is 12.9. The number of nitrogens with one attached hydrogen (secondary N) is 1. The number of carbonyl (C=O) groups is 2. The number of hydrogen-bond donors (Lipinski definition) is 1. The predicted octanol–water partition coefficient (Wildman–Crippen LogP) is 3.43. The second-order valence-electron chi connectivity index (χ2n) is 6.48. The number of anilines is 1. The molecule has 8 heteroatoms. The highest BCUT2D eigenvalue weighted by Gasteiger charge is 2.23. The van der Waals surface area contributed by atoms with Crippen LogP contribution in [0.5, 0.6) is 0 Å². The first kappa shape index (κ1) is 20.6. The van der Waals surface area contributed by atoms with Crippen molar-refractivity contribution in [3.05, 3.63) is 80.7 Å². The monoisotopic (exact) mass is 457 g/mol. The minimum atomic E-state index is -1.08. The number of benzene rings is 2. The smallest absolute Gasteiger partial charge is 0.338 e. The highest BCUT2D eigenvalue weighted by atomic mass is 79.9. The van der Waals surface area contributed by atoms with Gasteiger partial charge in [-0.3, -0.25) is 14.3 Å². The number of carbonyl (C=O) groups excluding carboxylic acids is 2. The van der Waals surface area contributed by atoms with Crippen molar-refractivity contribution in [1.82, 2.24) is 9.36 Å². The van der Waals surface area contributed by atoms with Crippen LogP contribution in [0.25, 0.3) is 5.69 Å². The summed E-state index contributed by atoms with van der Waals surface area (Å²) in [5.74, 6) is -1.21. The summed E-state index contributed by atoms with van der Waals surface area (Å²) < 4.78 is 9.09. The van der Waals surface area contributed by atoms with E-state index in [2.05, 4.69) is 21.2 Å². The lowest BCUT2D eigenvalue weighted by molar-refractivity contribution is -0.123. The van der Waals surface area contributed by atoms with Crippen LogP contribution in [0, 0.1) is 6.92 Å². The molecule has 3 aromatic rings. The van der Waals surface area contributed by atoms with Crippen molar-refractivity contribution >= 4 is 33.5 Å². The highest BCUT2D eigenvalue weighted by molar-refractivity contribution is 9.10. The van der Waals surface area contributed by atoms with Gasteiger partial charge in [-0.05, 0) is 44.2 Å². The van der Waals surface area contributed by atoms with E-state index in [1.807, 2.05) is 18.2 Å². The number of hydrogen-bond acceptors (Lipinski definition) is 4. The number of ether oxygens (including phenoxy) is 1. The zero-order valence-corrected chi connectivity index (χ0v) is 17.8. The van der Waals surface area contributed by atoms with Gasteiger partial charge in [0.1, 0.15) is 5.69 Å². The molecule has 0 bridgehead atoms. The Morgan fingerprint density at radius 3 is 2.45 bits per heavy atom. The minimum Gasteiger partial charge on any atom is -0.449 e. The molecule has 150 valence electrons. The molecular weight excluding hydrogens is 438 g/mol. The molecule has 0 spiro atoms. The van der Waals surface area contributed by atoms with Crippen LogP contribution in [0.2, 0.25) is 0 Å². The van der Waals surface area contributed by atoms with Crippen LogP contribution in [-0.4, -0.2) is 27.3 Å². The molecule has 0 unspecified atom stereocenters. The molecule has 29 heavy (non-hydrogen) atoms. The van der Waals surface area contributed by atoms with Gasteiger partial charge in [0.15, 0.2) is 6.10 Å². The Kier molecular flexibility index (Phi) is 6.03. The number of aromatic nitrogens is 2. The molecule has 0 aliphatic rings. The Labute approximate surface area is 176 Å². The predicted molar refractivity (Wildman–Crippen MR) is 113 cm³/mol. The summed E-state index contributed by atoms with van der Waals surface area (Å²) in [4.78, 5) is 37.7. The lowest BCUT2D eigenvalue weighted by Crippen LogP contribution is -2.32. The van der Waals surface area contributed by atoms with E-state index in [0.29, 0.717) is 16.9 Å². The van der Waals surface area contributed by atoms with E-state index in [9.17, 15) is 14.4 Å². The molecule has 7 nitrogen and oxygen atoms in total. The first-order valence-corrected chi connectivity index (χ1v) is 9.70. The van der Waals surface area contributed by atoms with Gasteiger partial charge in [-0.15, -0.1) is 0 Å². The van der Waals surface area contributed by atoms with Crippen molar-refractivity contribution in [1.29, 1.82) is 0 Å². The van der Waals surface area contributed by atoms with Crippen LogP contribution in [0.4, 0.5) is 5.69 Å². The molecule has 0 radical (unpaired) electrons. The molecular formula is C21H20BrN3O4. The summed E-state index contributed by atoms with van der Waals surface area (Å²) in [6, 6.07) is 15.8. The van der Waals surface area contributed by atoms with Crippen LogP contribution in [0.3, 0.4) is 0 Å². The lowest BCUT2D eigenvalue weighted by Gasteiger charge is -2.13. The average molecular weight is 458 g/mol. The number of esters is 1. The van der Waals surface area contributed by atoms with E-state index >= 15 is 0 Å². The van der Waals surface area contributed by atoms with Crippen LogP contribution in [-0.2, 0) is 16.6 Å². The fraction of sp³-hybridized carbons (Fsp3) is 0.190. The summed E-state index contributed by atoms with van der Waals surface area (Å²) in [5, 5.41) is 2.60. The van der Waals surface area contributed by atoms with Crippen molar-refractivity contribution in [3.63, 3.8) is 0 Å². The number of para-hydroxylation sites is 1. The zero-order chi connectivity index (χ0) is 21.1. The van der Waals surface area contributed by atoms with Crippen LogP contribution in [0.15, 0.2) is 63.9 Å².